The lowest BCUT2D eigenvalue weighted by molar-refractivity contribution is -0.122. The third-order valence-electron chi connectivity index (χ3n) is 4.35. The summed E-state index contributed by atoms with van der Waals surface area (Å²) in [6.45, 7) is 1.79. The number of hydrazone groups is 1. The number of aromatic nitrogens is 2. The third-order valence-corrected chi connectivity index (χ3v) is 4.93. The molecule has 0 atom stereocenters. The van der Waals surface area contributed by atoms with Gasteiger partial charge in [-0.3, -0.25) is 14.3 Å². The number of hydrogen-bond donors (Lipinski definition) is 2. The molecule has 3 rings (SSSR count). The van der Waals surface area contributed by atoms with Crippen LogP contribution in [0, 0.1) is 5.92 Å². The molecule has 1 aromatic heterocycles. The Kier molecular flexibility index (Phi) is 5.51. The highest BCUT2D eigenvalue weighted by Gasteiger charge is 2.25. The number of hydrogen-bond acceptors (Lipinski definition) is 4. The third kappa shape index (κ3) is 4.19. The van der Waals surface area contributed by atoms with Gasteiger partial charge in [-0.2, -0.15) is 10.2 Å². The zero-order valence-electron chi connectivity index (χ0n) is 14.6. The lowest BCUT2D eigenvalue weighted by Crippen LogP contribution is -2.28. The summed E-state index contributed by atoms with van der Waals surface area (Å²) in [6.07, 6.45) is 4.73. The molecule has 1 aliphatic rings. The number of aryl methyl sites for hydroxylation is 1. The number of rotatable bonds is 5. The molecule has 1 saturated carbocycles. The maximum atomic E-state index is 12.2. The van der Waals surface area contributed by atoms with Crippen molar-refractivity contribution < 1.29 is 9.59 Å². The Bertz CT molecular complexity index is 870. The van der Waals surface area contributed by atoms with Crippen LogP contribution in [0.15, 0.2) is 40.0 Å². The zero-order valence-corrected chi connectivity index (χ0v) is 16.2. The van der Waals surface area contributed by atoms with E-state index in [4.69, 9.17) is 0 Å². The van der Waals surface area contributed by atoms with Gasteiger partial charge in [-0.15, -0.1) is 0 Å². The Morgan fingerprint density at radius 3 is 2.73 bits per heavy atom. The summed E-state index contributed by atoms with van der Waals surface area (Å²) in [5.41, 5.74) is 4.95. The molecule has 0 radical (unpaired) electrons. The van der Waals surface area contributed by atoms with Crippen LogP contribution in [0.3, 0.4) is 0 Å². The van der Waals surface area contributed by atoms with Crippen molar-refractivity contribution in [2.24, 2.45) is 18.1 Å². The van der Waals surface area contributed by atoms with Crippen molar-refractivity contribution in [1.82, 2.24) is 15.2 Å². The Balaban J connectivity index is 1.66. The van der Waals surface area contributed by atoms with E-state index in [2.05, 4.69) is 36.9 Å². The molecular formula is C18H20BrN5O2. The molecule has 7 nitrogen and oxygen atoms in total. The number of nitrogens with one attached hydrogen (secondary N) is 2. The van der Waals surface area contributed by atoms with E-state index in [-0.39, 0.29) is 17.5 Å². The summed E-state index contributed by atoms with van der Waals surface area (Å²) in [4.78, 5) is 24.2. The molecule has 1 heterocycles. The van der Waals surface area contributed by atoms with E-state index in [1.54, 1.807) is 24.9 Å². The standard InChI is InChI=1S/C18H20BrN5O2/c1-11(21-22-18(26)16-15(19)10-24(2)23-16)13-7-4-8-14(9-13)20-17(25)12-5-3-6-12/h4,7-10,12H,3,5-6H2,1-2H3,(H,20,25)(H,22,26)/b21-11-. The number of amides is 2. The van der Waals surface area contributed by atoms with Crippen LogP contribution in [0.2, 0.25) is 0 Å². The molecule has 0 aliphatic heterocycles. The molecule has 136 valence electrons. The van der Waals surface area contributed by atoms with E-state index in [0.29, 0.717) is 10.2 Å². The first-order valence-corrected chi connectivity index (χ1v) is 9.18. The van der Waals surface area contributed by atoms with Crippen LogP contribution in [0.4, 0.5) is 5.69 Å². The first kappa shape index (κ1) is 18.3. The van der Waals surface area contributed by atoms with Crippen molar-refractivity contribution in [2.75, 3.05) is 5.32 Å². The summed E-state index contributed by atoms with van der Waals surface area (Å²) in [7, 11) is 1.74. The molecule has 0 saturated heterocycles. The number of carbonyl (C=O) groups excluding carboxylic acids is 2. The number of anilines is 1. The SMILES string of the molecule is C/C(=N/NC(=O)c1nn(C)cc1Br)c1cccc(NC(=O)C2CCC2)c1. The normalized spacial score (nSPS) is 14.7. The van der Waals surface area contributed by atoms with Gasteiger partial charge >= 0.3 is 0 Å². The van der Waals surface area contributed by atoms with Gasteiger partial charge in [0.2, 0.25) is 5.91 Å². The topological polar surface area (TPSA) is 88.4 Å². The lowest BCUT2D eigenvalue weighted by atomic mass is 9.85. The highest BCUT2D eigenvalue weighted by molar-refractivity contribution is 9.10. The fourth-order valence-electron chi connectivity index (χ4n) is 2.60. The number of nitrogens with zero attached hydrogens (tertiary/aromatic N) is 3. The fourth-order valence-corrected chi connectivity index (χ4v) is 3.16. The van der Waals surface area contributed by atoms with E-state index >= 15 is 0 Å². The van der Waals surface area contributed by atoms with Gasteiger partial charge in [0.05, 0.1) is 10.2 Å². The molecule has 2 amide bonds. The second-order valence-corrected chi connectivity index (χ2v) is 7.19. The van der Waals surface area contributed by atoms with E-state index in [9.17, 15) is 9.59 Å². The molecule has 1 aliphatic carbocycles. The second kappa shape index (κ2) is 7.82. The predicted octanol–water partition coefficient (Wildman–Crippen LogP) is 3.08. The summed E-state index contributed by atoms with van der Waals surface area (Å²) in [5.74, 6) is -0.202. The Morgan fingerprint density at radius 1 is 1.35 bits per heavy atom. The van der Waals surface area contributed by atoms with E-state index < -0.39 is 5.91 Å². The van der Waals surface area contributed by atoms with Crippen molar-refractivity contribution >= 4 is 39.1 Å². The molecule has 2 aromatic rings. The van der Waals surface area contributed by atoms with E-state index in [1.165, 1.54) is 0 Å². The van der Waals surface area contributed by atoms with Crippen molar-refractivity contribution in [3.8, 4) is 0 Å². The van der Waals surface area contributed by atoms with Gasteiger partial charge in [0, 0.05) is 24.8 Å². The molecule has 1 aromatic carbocycles. The second-order valence-electron chi connectivity index (χ2n) is 6.34. The minimum atomic E-state index is -0.397. The number of carbonyl (C=O) groups is 2. The van der Waals surface area contributed by atoms with Gasteiger partial charge in [0.15, 0.2) is 5.69 Å². The van der Waals surface area contributed by atoms with Crippen LogP contribution < -0.4 is 10.7 Å². The molecule has 0 spiro atoms. The number of halogens is 1. The van der Waals surface area contributed by atoms with Crippen LogP contribution in [0.25, 0.3) is 0 Å². The first-order chi connectivity index (χ1) is 12.4. The Labute approximate surface area is 160 Å². The molecule has 8 heteroatoms. The van der Waals surface area contributed by atoms with Crippen molar-refractivity contribution in [3.05, 3.63) is 46.2 Å². The van der Waals surface area contributed by atoms with Gasteiger partial charge < -0.3 is 5.32 Å². The highest BCUT2D eigenvalue weighted by Crippen LogP contribution is 2.27. The molecule has 1 fully saturated rings. The maximum absolute atomic E-state index is 12.2. The zero-order chi connectivity index (χ0) is 18.7. The average Bonchev–Trinajstić information content (AvgIpc) is 2.89. The lowest BCUT2D eigenvalue weighted by Gasteiger charge is -2.24. The fraction of sp³-hybridized carbons (Fsp3) is 0.333. The smallest absolute Gasteiger partial charge is 0.293 e. The quantitative estimate of drug-likeness (QED) is 0.578. The minimum absolute atomic E-state index is 0.0660. The minimum Gasteiger partial charge on any atom is -0.326 e. The van der Waals surface area contributed by atoms with Crippen LogP contribution in [-0.4, -0.2) is 27.3 Å². The van der Waals surface area contributed by atoms with Crippen LogP contribution in [-0.2, 0) is 11.8 Å². The molecule has 0 bridgehead atoms. The molecule has 26 heavy (non-hydrogen) atoms. The van der Waals surface area contributed by atoms with Gasteiger partial charge in [0.1, 0.15) is 0 Å². The predicted molar refractivity (Wildman–Crippen MR) is 103 cm³/mol. The number of benzene rings is 1. The molecule has 0 unspecified atom stereocenters. The van der Waals surface area contributed by atoms with E-state index in [1.807, 2.05) is 24.3 Å². The largest absolute Gasteiger partial charge is 0.326 e. The monoisotopic (exact) mass is 417 g/mol. The summed E-state index contributed by atoms with van der Waals surface area (Å²) < 4.78 is 2.15. The Hall–Kier alpha value is -2.48. The summed E-state index contributed by atoms with van der Waals surface area (Å²) in [5, 5.41) is 11.2. The van der Waals surface area contributed by atoms with Crippen LogP contribution in [0.5, 0.6) is 0 Å². The van der Waals surface area contributed by atoms with Gasteiger partial charge in [-0.25, -0.2) is 5.43 Å². The van der Waals surface area contributed by atoms with Gasteiger partial charge in [-0.05, 0) is 53.4 Å². The Morgan fingerprint density at radius 2 is 2.12 bits per heavy atom. The first-order valence-electron chi connectivity index (χ1n) is 8.39. The average molecular weight is 418 g/mol. The summed E-state index contributed by atoms with van der Waals surface area (Å²) in [6, 6.07) is 7.41. The molecular weight excluding hydrogens is 398 g/mol. The van der Waals surface area contributed by atoms with Gasteiger partial charge in [0.25, 0.3) is 5.91 Å². The van der Waals surface area contributed by atoms with E-state index in [0.717, 1.165) is 30.5 Å². The molecule has 2 N–H and O–H groups in total. The van der Waals surface area contributed by atoms with Crippen molar-refractivity contribution in [1.29, 1.82) is 0 Å². The van der Waals surface area contributed by atoms with Crippen molar-refractivity contribution in [2.45, 2.75) is 26.2 Å². The van der Waals surface area contributed by atoms with Gasteiger partial charge in [-0.1, -0.05) is 18.6 Å². The summed E-state index contributed by atoms with van der Waals surface area (Å²) >= 11 is 3.29. The highest BCUT2D eigenvalue weighted by atomic mass is 79.9. The van der Waals surface area contributed by atoms with Crippen LogP contribution in [0.1, 0.15) is 42.2 Å². The van der Waals surface area contributed by atoms with Crippen LogP contribution >= 0.6 is 15.9 Å². The van der Waals surface area contributed by atoms with Crippen molar-refractivity contribution in [3.63, 3.8) is 0 Å². The maximum Gasteiger partial charge on any atom is 0.293 e.